The lowest BCUT2D eigenvalue weighted by Crippen LogP contribution is -2.14. The van der Waals surface area contributed by atoms with Gasteiger partial charge in [0.2, 0.25) is 0 Å². The van der Waals surface area contributed by atoms with E-state index in [-0.39, 0.29) is 11.5 Å². The molecular weight excluding hydrogens is 390 g/mol. The Hall–Kier alpha value is -3.74. The van der Waals surface area contributed by atoms with Crippen molar-refractivity contribution in [2.24, 2.45) is 0 Å². The smallest absolute Gasteiger partial charge is 0.272 e. The van der Waals surface area contributed by atoms with Gasteiger partial charge in [-0.1, -0.05) is 49.6 Å². The van der Waals surface area contributed by atoms with Crippen LogP contribution in [0.3, 0.4) is 0 Å². The van der Waals surface area contributed by atoms with Crippen LogP contribution in [0.4, 0.5) is 5.69 Å². The summed E-state index contributed by atoms with van der Waals surface area (Å²) < 4.78 is 1.93. The minimum atomic E-state index is -0.211. The van der Waals surface area contributed by atoms with Crippen LogP contribution in [0.1, 0.15) is 48.5 Å². The van der Waals surface area contributed by atoms with Gasteiger partial charge in [-0.05, 0) is 31.0 Å². The molecular formula is C24H23N5O2. The van der Waals surface area contributed by atoms with Crippen molar-refractivity contribution < 1.29 is 4.79 Å². The Bertz CT molecular complexity index is 1280. The number of aromatic nitrogens is 4. The third-order valence-electron chi connectivity index (χ3n) is 5.92. The van der Waals surface area contributed by atoms with Crippen molar-refractivity contribution in [3.05, 3.63) is 76.8 Å². The molecule has 2 heterocycles. The van der Waals surface area contributed by atoms with Crippen molar-refractivity contribution in [1.29, 1.82) is 0 Å². The number of H-pyrrole nitrogens is 1. The normalized spacial score (nSPS) is 14.6. The predicted molar refractivity (Wildman–Crippen MR) is 120 cm³/mol. The predicted octanol–water partition coefficient (Wildman–Crippen LogP) is 4.54. The van der Waals surface area contributed by atoms with Gasteiger partial charge in [-0.15, -0.1) is 0 Å². The number of fused-ring (bicyclic) bond motifs is 1. The first-order valence-corrected chi connectivity index (χ1v) is 10.6. The summed E-state index contributed by atoms with van der Waals surface area (Å²) in [7, 11) is 0. The lowest BCUT2D eigenvalue weighted by molar-refractivity contribution is 0.102. The molecule has 156 valence electrons. The van der Waals surface area contributed by atoms with Gasteiger partial charge in [-0.3, -0.25) is 14.3 Å². The van der Waals surface area contributed by atoms with Crippen LogP contribution < -0.4 is 10.9 Å². The number of carbonyl (C=O) groups is 1. The minimum Gasteiger partial charge on any atom is -0.322 e. The number of hydrogen-bond acceptors (Lipinski definition) is 4. The molecule has 2 N–H and O–H groups in total. The molecule has 1 saturated carbocycles. The molecule has 0 spiro atoms. The Morgan fingerprint density at radius 3 is 2.52 bits per heavy atom. The number of nitrogens with one attached hydrogen (secondary N) is 2. The number of aromatic amines is 1. The van der Waals surface area contributed by atoms with Crippen molar-refractivity contribution in [3.63, 3.8) is 0 Å². The van der Waals surface area contributed by atoms with E-state index in [9.17, 15) is 9.59 Å². The van der Waals surface area contributed by atoms with Gasteiger partial charge in [0.05, 0.1) is 28.9 Å². The lowest BCUT2D eigenvalue weighted by atomic mass is 9.96. The second-order valence-corrected chi connectivity index (χ2v) is 7.98. The first-order valence-electron chi connectivity index (χ1n) is 10.6. The zero-order valence-corrected chi connectivity index (χ0v) is 17.0. The molecule has 0 saturated heterocycles. The van der Waals surface area contributed by atoms with Gasteiger partial charge < -0.3 is 5.32 Å². The molecule has 1 amide bonds. The first-order chi connectivity index (χ1) is 15.2. The Morgan fingerprint density at radius 2 is 1.74 bits per heavy atom. The number of hydrogen-bond donors (Lipinski definition) is 2. The quantitative estimate of drug-likeness (QED) is 0.514. The van der Waals surface area contributed by atoms with Gasteiger partial charge in [0.25, 0.3) is 11.5 Å². The highest BCUT2D eigenvalue weighted by molar-refractivity contribution is 6.04. The molecule has 1 aliphatic rings. The van der Waals surface area contributed by atoms with E-state index in [0.29, 0.717) is 28.4 Å². The van der Waals surface area contributed by atoms with Gasteiger partial charge in [0.15, 0.2) is 0 Å². The Morgan fingerprint density at radius 1 is 1.00 bits per heavy atom. The SMILES string of the molecule is O=C(Nc1ccc(-c2n[nH]c(=O)c3ccccc23)cc1)c1cnn(C2CCCCC2)c1. The highest BCUT2D eigenvalue weighted by atomic mass is 16.1. The van der Waals surface area contributed by atoms with Crippen LogP contribution in [0.5, 0.6) is 0 Å². The van der Waals surface area contributed by atoms with Crippen LogP contribution in [-0.2, 0) is 0 Å². The summed E-state index contributed by atoms with van der Waals surface area (Å²) in [5.74, 6) is -0.178. The summed E-state index contributed by atoms with van der Waals surface area (Å²) in [6.45, 7) is 0. The van der Waals surface area contributed by atoms with Crippen molar-refractivity contribution in [3.8, 4) is 11.3 Å². The number of nitrogens with zero attached hydrogens (tertiary/aromatic N) is 3. The lowest BCUT2D eigenvalue weighted by Gasteiger charge is -2.21. The van der Waals surface area contributed by atoms with Crippen LogP contribution in [0.15, 0.2) is 65.7 Å². The van der Waals surface area contributed by atoms with E-state index < -0.39 is 0 Å². The zero-order valence-electron chi connectivity index (χ0n) is 17.0. The molecule has 5 rings (SSSR count). The molecule has 2 aromatic carbocycles. The molecule has 7 nitrogen and oxygen atoms in total. The van der Waals surface area contributed by atoms with Gasteiger partial charge >= 0.3 is 0 Å². The van der Waals surface area contributed by atoms with E-state index in [0.717, 1.165) is 23.8 Å². The number of carbonyl (C=O) groups excluding carboxylic acids is 1. The third-order valence-corrected chi connectivity index (χ3v) is 5.92. The fraction of sp³-hybridized carbons (Fsp3) is 0.250. The summed E-state index contributed by atoms with van der Waals surface area (Å²) in [5.41, 5.74) is 2.59. The van der Waals surface area contributed by atoms with Crippen LogP contribution in [-0.4, -0.2) is 25.9 Å². The molecule has 0 aliphatic heterocycles. The topological polar surface area (TPSA) is 92.7 Å². The van der Waals surface area contributed by atoms with Gasteiger partial charge in [-0.25, -0.2) is 5.10 Å². The molecule has 2 aromatic heterocycles. The second kappa shape index (κ2) is 8.18. The van der Waals surface area contributed by atoms with E-state index in [1.165, 1.54) is 19.3 Å². The molecule has 7 heteroatoms. The summed E-state index contributed by atoms with van der Waals surface area (Å²) in [6.07, 6.45) is 9.45. The number of amides is 1. The fourth-order valence-electron chi connectivity index (χ4n) is 4.25. The average Bonchev–Trinajstić information content (AvgIpc) is 3.32. The van der Waals surface area contributed by atoms with Crippen molar-refractivity contribution in [1.82, 2.24) is 20.0 Å². The number of anilines is 1. The van der Waals surface area contributed by atoms with Crippen LogP contribution in [0, 0.1) is 0 Å². The zero-order chi connectivity index (χ0) is 21.2. The Kier molecular flexibility index (Phi) is 5.08. The molecule has 1 aliphatic carbocycles. The summed E-state index contributed by atoms with van der Waals surface area (Å²) in [5, 5.41) is 15.5. The Labute approximate surface area is 179 Å². The summed E-state index contributed by atoms with van der Waals surface area (Å²) in [6, 6.07) is 15.2. The summed E-state index contributed by atoms with van der Waals surface area (Å²) in [4.78, 5) is 24.7. The van der Waals surface area contributed by atoms with Crippen molar-refractivity contribution >= 4 is 22.4 Å². The van der Waals surface area contributed by atoms with Crippen LogP contribution in [0.2, 0.25) is 0 Å². The van der Waals surface area contributed by atoms with Crippen molar-refractivity contribution in [2.75, 3.05) is 5.32 Å². The number of benzene rings is 2. The maximum Gasteiger partial charge on any atom is 0.272 e. The molecule has 31 heavy (non-hydrogen) atoms. The van der Waals surface area contributed by atoms with E-state index >= 15 is 0 Å². The highest BCUT2D eigenvalue weighted by Crippen LogP contribution is 2.28. The maximum atomic E-state index is 12.7. The van der Waals surface area contributed by atoms with Crippen LogP contribution in [0.25, 0.3) is 22.0 Å². The van der Waals surface area contributed by atoms with E-state index in [4.69, 9.17) is 0 Å². The Balaban J connectivity index is 1.33. The van der Waals surface area contributed by atoms with E-state index in [1.54, 1.807) is 12.3 Å². The molecule has 0 atom stereocenters. The molecule has 0 unspecified atom stereocenters. The van der Waals surface area contributed by atoms with Gasteiger partial charge in [-0.2, -0.15) is 10.2 Å². The van der Waals surface area contributed by atoms with Gasteiger partial charge in [0, 0.05) is 22.8 Å². The maximum absolute atomic E-state index is 12.7. The number of rotatable bonds is 4. The fourth-order valence-corrected chi connectivity index (χ4v) is 4.25. The van der Waals surface area contributed by atoms with Gasteiger partial charge in [0.1, 0.15) is 0 Å². The van der Waals surface area contributed by atoms with E-state index in [2.05, 4.69) is 20.6 Å². The molecule has 4 aromatic rings. The standard InChI is InChI=1S/C24H23N5O2/c30-23(17-14-25-29(15-17)19-6-2-1-3-7-19)26-18-12-10-16(11-13-18)22-20-8-4-5-9-21(20)24(31)28-27-22/h4-5,8-15,19H,1-3,6-7H2,(H,26,30)(H,28,31). The largest absolute Gasteiger partial charge is 0.322 e. The minimum absolute atomic E-state index is 0.178. The highest BCUT2D eigenvalue weighted by Gasteiger charge is 2.18. The molecule has 0 bridgehead atoms. The second-order valence-electron chi connectivity index (χ2n) is 7.98. The van der Waals surface area contributed by atoms with E-state index in [1.807, 2.05) is 53.3 Å². The van der Waals surface area contributed by atoms with Crippen molar-refractivity contribution in [2.45, 2.75) is 38.1 Å². The first kappa shape index (κ1) is 19.2. The average molecular weight is 413 g/mol. The third kappa shape index (κ3) is 3.86. The summed E-state index contributed by atoms with van der Waals surface area (Å²) >= 11 is 0. The molecule has 1 fully saturated rings. The monoisotopic (exact) mass is 413 g/mol. The molecule has 0 radical (unpaired) electrons. The van der Waals surface area contributed by atoms with Crippen LogP contribution >= 0.6 is 0 Å².